The second-order valence-electron chi connectivity index (χ2n) is 5.62. The number of nitrogens with two attached hydrogens (primary N) is 1. The number of benzene rings is 1. The molecule has 0 atom stereocenters. The van der Waals surface area contributed by atoms with Crippen molar-refractivity contribution in [3.8, 4) is 0 Å². The first-order valence-electron chi connectivity index (χ1n) is 6.62. The van der Waals surface area contributed by atoms with Gasteiger partial charge in [-0.3, -0.25) is 4.79 Å². The Hall–Kier alpha value is -1.35. The van der Waals surface area contributed by atoms with Crippen molar-refractivity contribution in [3.05, 3.63) is 35.9 Å². The van der Waals surface area contributed by atoms with Crippen molar-refractivity contribution < 1.29 is 4.79 Å². The van der Waals surface area contributed by atoms with Crippen LogP contribution < -0.4 is 5.73 Å². The van der Waals surface area contributed by atoms with Gasteiger partial charge in [-0.1, -0.05) is 44.2 Å². The van der Waals surface area contributed by atoms with Crippen LogP contribution in [0.4, 0.5) is 0 Å². The van der Waals surface area contributed by atoms with Crippen LogP contribution in [0.2, 0.25) is 0 Å². The first-order chi connectivity index (χ1) is 8.51. The lowest BCUT2D eigenvalue weighted by Crippen LogP contribution is -2.71. The highest BCUT2D eigenvalue weighted by Gasteiger charge is 2.43. The van der Waals surface area contributed by atoms with Crippen LogP contribution in [0.15, 0.2) is 30.3 Å². The predicted octanol–water partition coefficient (Wildman–Crippen LogP) is 1.81. The molecule has 1 saturated heterocycles. The lowest BCUT2D eigenvalue weighted by atomic mass is 9.80. The van der Waals surface area contributed by atoms with E-state index in [1.807, 2.05) is 23.1 Å². The average Bonchev–Trinajstić information content (AvgIpc) is 2.33. The van der Waals surface area contributed by atoms with Gasteiger partial charge >= 0.3 is 0 Å². The van der Waals surface area contributed by atoms with Gasteiger partial charge in [-0.05, 0) is 17.9 Å². The van der Waals surface area contributed by atoms with Gasteiger partial charge in [0.2, 0.25) is 5.91 Å². The molecule has 1 aromatic carbocycles. The second kappa shape index (κ2) is 5.11. The molecule has 0 saturated carbocycles. The quantitative estimate of drug-likeness (QED) is 0.880. The van der Waals surface area contributed by atoms with Crippen molar-refractivity contribution in [3.63, 3.8) is 0 Å². The van der Waals surface area contributed by atoms with Crippen molar-refractivity contribution in [2.24, 2.45) is 11.7 Å². The lowest BCUT2D eigenvalue weighted by Gasteiger charge is -2.50. The third kappa shape index (κ3) is 2.72. The fourth-order valence-corrected chi connectivity index (χ4v) is 2.26. The number of amides is 1. The zero-order chi connectivity index (χ0) is 13.2. The van der Waals surface area contributed by atoms with Crippen LogP contribution in [-0.4, -0.2) is 29.4 Å². The number of carbonyl (C=O) groups excluding carboxylic acids is 1. The van der Waals surface area contributed by atoms with Gasteiger partial charge in [0.1, 0.15) is 0 Å². The Morgan fingerprint density at radius 3 is 2.50 bits per heavy atom. The molecule has 0 unspecified atom stereocenters. The van der Waals surface area contributed by atoms with Gasteiger partial charge in [0, 0.05) is 19.5 Å². The minimum absolute atomic E-state index is 0.164. The molecule has 1 aromatic rings. The molecule has 0 radical (unpaired) electrons. The maximum absolute atomic E-state index is 12.0. The zero-order valence-corrected chi connectivity index (χ0v) is 11.2. The van der Waals surface area contributed by atoms with E-state index in [1.54, 1.807) is 0 Å². The number of hydrogen-bond acceptors (Lipinski definition) is 2. The summed E-state index contributed by atoms with van der Waals surface area (Å²) in [6, 6.07) is 10.1. The summed E-state index contributed by atoms with van der Waals surface area (Å²) >= 11 is 0. The van der Waals surface area contributed by atoms with Gasteiger partial charge in [0.05, 0.1) is 5.54 Å². The highest BCUT2D eigenvalue weighted by molar-refractivity contribution is 5.77. The van der Waals surface area contributed by atoms with E-state index >= 15 is 0 Å². The Morgan fingerprint density at radius 2 is 1.94 bits per heavy atom. The van der Waals surface area contributed by atoms with Crippen molar-refractivity contribution in [2.75, 3.05) is 13.1 Å². The standard InChI is InChI=1S/C15H22N2O/c1-12(2)15(16)10-17(11-15)14(18)9-8-13-6-4-3-5-7-13/h3-7,12H,8-11,16H2,1-2H3. The summed E-state index contributed by atoms with van der Waals surface area (Å²) in [6.07, 6.45) is 1.40. The third-order valence-corrected chi connectivity index (χ3v) is 3.94. The summed E-state index contributed by atoms with van der Waals surface area (Å²) in [7, 11) is 0. The zero-order valence-electron chi connectivity index (χ0n) is 11.2. The summed E-state index contributed by atoms with van der Waals surface area (Å²) in [5.74, 6) is 0.649. The first kappa shape index (κ1) is 13.1. The van der Waals surface area contributed by atoms with Gasteiger partial charge in [-0.25, -0.2) is 0 Å². The topological polar surface area (TPSA) is 46.3 Å². The molecule has 0 spiro atoms. The van der Waals surface area contributed by atoms with Crippen LogP contribution in [0.3, 0.4) is 0 Å². The van der Waals surface area contributed by atoms with Crippen molar-refractivity contribution >= 4 is 5.91 Å². The van der Waals surface area contributed by atoms with E-state index < -0.39 is 0 Å². The summed E-state index contributed by atoms with van der Waals surface area (Å²) in [6.45, 7) is 5.65. The van der Waals surface area contributed by atoms with Crippen LogP contribution in [0.5, 0.6) is 0 Å². The maximum atomic E-state index is 12.0. The Bertz CT molecular complexity index is 408. The number of likely N-dealkylation sites (tertiary alicyclic amines) is 1. The molecule has 3 nitrogen and oxygen atoms in total. The lowest BCUT2D eigenvalue weighted by molar-refractivity contribution is -0.140. The summed E-state index contributed by atoms with van der Waals surface area (Å²) in [5, 5.41) is 0. The summed E-state index contributed by atoms with van der Waals surface area (Å²) in [5.41, 5.74) is 7.24. The third-order valence-electron chi connectivity index (χ3n) is 3.94. The predicted molar refractivity (Wildman–Crippen MR) is 73.1 cm³/mol. The minimum atomic E-state index is -0.164. The Morgan fingerprint density at radius 1 is 1.33 bits per heavy atom. The van der Waals surface area contributed by atoms with Gasteiger partial charge in [-0.2, -0.15) is 0 Å². The summed E-state index contributed by atoms with van der Waals surface area (Å²) < 4.78 is 0. The van der Waals surface area contributed by atoms with Crippen molar-refractivity contribution in [2.45, 2.75) is 32.2 Å². The average molecular weight is 246 g/mol. The monoisotopic (exact) mass is 246 g/mol. The molecule has 1 amide bonds. The van der Waals surface area contributed by atoms with Crippen LogP contribution >= 0.6 is 0 Å². The first-order valence-corrected chi connectivity index (χ1v) is 6.62. The molecule has 0 bridgehead atoms. The molecule has 18 heavy (non-hydrogen) atoms. The molecular weight excluding hydrogens is 224 g/mol. The Labute approximate surface area is 109 Å². The van der Waals surface area contributed by atoms with Crippen molar-refractivity contribution in [1.82, 2.24) is 4.90 Å². The van der Waals surface area contributed by atoms with Crippen LogP contribution in [0.25, 0.3) is 0 Å². The molecule has 0 aliphatic carbocycles. The van der Waals surface area contributed by atoms with Crippen LogP contribution in [0.1, 0.15) is 25.8 Å². The number of aryl methyl sites for hydroxylation is 1. The van der Waals surface area contributed by atoms with Gasteiger partial charge in [0.15, 0.2) is 0 Å². The van der Waals surface area contributed by atoms with Gasteiger partial charge in [-0.15, -0.1) is 0 Å². The van der Waals surface area contributed by atoms with Gasteiger partial charge < -0.3 is 10.6 Å². The van der Waals surface area contributed by atoms with E-state index in [2.05, 4.69) is 26.0 Å². The largest absolute Gasteiger partial charge is 0.339 e. The van der Waals surface area contributed by atoms with E-state index in [9.17, 15) is 4.79 Å². The van der Waals surface area contributed by atoms with E-state index in [4.69, 9.17) is 5.73 Å². The van der Waals surface area contributed by atoms with Crippen molar-refractivity contribution in [1.29, 1.82) is 0 Å². The van der Waals surface area contributed by atoms with E-state index in [1.165, 1.54) is 5.56 Å². The molecular formula is C15H22N2O. The molecule has 1 aliphatic rings. The molecule has 0 aromatic heterocycles. The number of nitrogens with zero attached hydrogens (tertiary/aromatic N) is 1. The van der Waals surface area contributed by atoms with E-state index in [0.29, 0.717) is 25.4 Å². The second-order valence-corrected chi connectivity index (χ2v) is 5.62. The molecule has 98 valence electrons. The highest BCUT2D eigenvalue weighted by Crippen LogP contribution is 2.26. The Balaban J connectivity index is 1.78. The molecule has 1 aliphatic heterocycles. The minimum Gasteiger partial charge on any atom is -0.339 e. The smallest absolute Gasteiger partial charge is 0.223 e. The number of hydrogen-bond donors (Lipinski definition) is 1. The number of rotatable bonds is 4. The molecule has 1 fully saturated rings. The number of carbonyl (C=O) groups is 1. The fraction of sp³-hybridized carbons (Fsp3) is 0.533. The van der Waals surface area contributed by atoms with E-state index in [0.717, 1.165) is 6.42 Å². The van der Waals surface area contributed by atoms with E-state index in [-0.39, 0.29) is 11.4 Å². The maximum Gasteiger partial charge on any atom is 0.223 e. The Kier molecular flexibility index (Phi) is 3.71. The highest BCUT2D eigenvalue weighted by atomic mass is 16.2. The van der Waals surface area contributed by atoms with Crippen LogP contribution in [0, 0.1) is 5.92 Å². The molecule has 2 rings (SSSR count). The van der Waals surface area contributed by atoms with Gasteiger partial charge in [0.25, 0.3) is 0 Å². The SMILES string of the molecule is CC(C)C1(N)CN(C(=O)CCc2ccccc2)C1. The summed E-state index contributed by atoms with van der Waals surface area (Å²) in [4.78, 5) is 13.9. The molecule has 1 heterocycles. The van der Waals surface area contributed by atoms with Crippen LogP contribution in [-0.2, 0) is 11.2 Å². The molecule has 2 N–H and O–H groups in total. The molecule has 3 heteroatoms. The normalized spacial score (nSPS) is 17.7. The fourth-order valence-electron chi connectivity index (χ4n) is 2.26.